The van der Waals surface area contributed by atoms with Gasteiger partial charge >= 0.3 is 0 Å². The van der Waals surface area contributed by atoms with Crippen molar-refractivity contribution >= 4 is 10.8 Å². The second kappa shape index (κ2) is 5.06. The van der Waals surface area contributed by atoms with Gasteiger partial charge in [-0.15, -0.1) is 0 Å². The molecular formula is C18H17NO. The first-order valence-corrected chi connectivity index (χ1v) is 6.76. The molecule has 100 valence electrons. The van der Waals surface area contributed by atoms with Crippen molar-refractivity contribution in [1.82, 2.24) is 4.98 Å². The zero-order chi connectivity index (χ0) is 14.0. The molecule has 0 bridgehead atoms. The van der Waals surface area contributed by atoms with Crippen molar-refractivity contribution in [3.05, 3.63) is 78.1 Å². The van der Waals surface area contributed by atoms with Gasteiger partial charge in [-0.3, -0.25) is 4.98 Å². The Labute approximate surface area is 118 Å². The normalized spacial score (nSPS) is 14.1. The van der Waals surface area contributed by atoms with Crippen LogP contribution in [-0.4, -0.2) is 10.1 Å². The summed E-state index contributed by atoms with van der Waals surface area (Å²) >= 11 is 0. The lowest BCUT2D eigenvalue weighted by Gasteiger charge is -2.24. The molecule has 1 N–H and O–H groups in total. The fraction of sp³-hybridized carbons (Fsp3) is 0.167. The number of aliphatic hydroxyl groups is 1. The summed E-state index contributed by atoms with van der Waals surface area (Å²) in [6, 6.07) is 18.2. The zero-order valence-electron chi connectivity index (χ0n) is 11.5. The van der Waals surface area contributed by atoms with Crippen LogP contribution in [0.25, 0.3) is 10.8 Å². The summed E-state index contributed by atoms with van der Waals surface area (Å²) in [6.45, 7) is 1.84. The van der Waals surface area contributed by atoms with Gasteiger partial charge in [0.1, 0.15) is 0 Å². The Morgan fingerprint density at radius 2 is 1.80 bits per heavy atom. The Morgan fingerprint density at radius 3 is 2.60 bits per heavy atom. The Balaban J connectivity index is 2.01. The zero-order valence-corrected chi connectivity index (χ0v) is 11.5. The van der Waals surface area contributed by atoms with Crippen LogP contribution in [-0.2, 0) is 12.0 Å². The van der Waals surface area contributed by atoms with Gasteiger partial charge in [0.25, 0.3) is 0 Å². The van der Waals surface area contributed by atoms with Crippen LogP contribution in [0.2, 0.25) is 0 Å². The molecule has 1 atom stereocenters. The molecule has 0 fully saturated rings. The lowest BCUT2D eigenvalue weighted by molar-refractivity contribution is 0.0576. The Bertz CT molecular complexity index is 714. The minimum absolute atomic E-state index is 0.569. The molecule has 0 radical (unpaired) electrons. The average Bonchev–Trinajstić information content (AvgIpc) is 2.48. The number of nitrogens with zero attached hydrogens (tertiary/aromatic N) is 1. The number of aromatic nitrogens is 1. The van der Waals surface area contributed by atoms with Gasteiger partial charge in [0.15, 0.2) is 0 Å². The third kappa shape index (κ3) is 2.43. The third-order valence-corrected chi connectivity index (χ3v) is 3.70. The number of fused-ring (bicyclic) bond motifs is 1. The van der Waals surface area contributed by atoms with Gasteiger partial charge in [0, 0.05) is 24.4 Å². The van der Waals surface area contributed by atoms with E-state index in [1.165, 1.54) is 10.8 Å². The highest BCUT2D eigenvalue weighted by molar-refractivity contribution is 5.85. The predicted molar refractivity (Wildman–Crippen MR) is 81.5 cm³/mol. The summed E-state index contributed by atoms with van der Waals surface area (Å²) in [5.41, 5.74) is 1.07. The molecule has 3 aromatic rings. The first kappa shape index (κ1) is 12.8. The average molecular weight is 263 g/mol. The van der Waals surface area contributed by atoms with E-state index >= 15 is 0 Å². The largest absolute Gasteiger partial charge is 0.385 e. The van der Waals surface area contributed by atoms with Gasteiger partial charge in [0.2, 0.25) is 0 Å². The summed E-state index contributed by atoms with van der Waals surface area (Å²) in [5, 5.41) is 13.2. The van der Waals surface area contributed by atoms with Crippen LogP contribution < -0.4 is 0 Å². The second-order valence-electron chi connectivity index (χ2n) is 5.33. The van der Waals surface area contributed by atoms with Crippen molar-refractivity contribution in [2.24, 2.45) is 0 Å². The monoisotopic (exact) mass is 263 g/mol. The SMILES string of the molecule is CC(O)(Cc1cccc2ccccc12)c1cccnc1. The summed E-state index contributed by atoms with van der Waals surface area (Å²) in [4.78, 5) is 4.09. The molecule has 0 saturated carbocycles. The third-order valence-electron chi connectivity index (χ3n) is 3.70. The van der Waals surface area contributed by atoms with E-state index in [4.69, 9.17) is 0 Å². The maximum atomic E-state index is 10.8. The van der Waals surface area contributed by atoms with Gasteiger partial charge in [-0.25, -0.2) is 0 Å². The molecule has 2 heteroatoms. The fourth-order valence-corrected chi connectivity index (χ4v) is 2.60. The molecule has 2 aromatic carbocycles. The number of benzene rings is 2. The maximum Gasteiger partial charge on any atom is 0.0923 e. The molecule has 0 aliphatic carbocycles. The predicted octanol–water partition coefficient (Wildman–Crippen LogP) is 3.69. The summed E-state index contributed by atoms with van der Waals surface area (Å²) in [7, 11) is 0. The molecule has 0 spiro atoms. The molecule has 0 amide bonds. The van der Waals surface area contributed by atoms with E-state index < -0.39 is 5.60 Å². The number of hydrogen-bond donors (Lipinski definition) is 1. The Hall–Kier alpha value is -2.19. The first-order chi connectivity index (χ1) is 9.67. The standard InChI is InChI=1S/C18H17NO/c1-18(20,16-9-5-11-19-13-16)12-15-8-4-7-14-6-2-3-10-17(14)15/h2-11,13,20H,12H2,1H3. The van der Waals surface area contributed by atoms with E-state index in [2.05, 4.69) is 29.2 Å². The molecule has 1 heterocycles. The van der Waals surface area contributed by atoms with E-state index in [0.29, 0.717) is 6.42 Å². The molecular weight excluding hydrogens is 246 g/mol. The molecule has 1 unspecified atom stereocenters. The van der Waals surface area contributed by atoms with Crippen molar-refractivity contribution in [2.75, 3.05) is 0 Å². The van der Waals surface area contributed by atoms with Gasteiger partial charge < -0.3 is 5.11 Å². The van der Waals surface area contributed by atoms with Gasteiger partial charge in [-0.1, -0.05) is 48.5 Å². The summed E-state index contributed by atoms with van der Waals surface area (Å²) in [6.07, 6.45) is 4.02. The fourth-order valence-electron chi connectivity index (χ4n) is 2.60. The van der Waals surface area contributed by atoms with Crippen LogP contribution in [0.4, 0.5) is 0 Å². The van der Waals surface area contributed by atoms with Crippen molar-refractivity contribution < 1.29 is 5.11 Å². The Kier molecular flexibility index (Phi) is 3.25. The summed E-state index contributed by atoms with van der Waals surface area (Å²) in [5.74, 6) is 0. The number of pyridine rings is 1. The van der Waals surface area contributed by atoms with Crippen LogP contribution in [0.1, 0.15) is 18.1 Å². The van der Waals surface area contributed by atoms with Crippen LogP contribution in [0, 0.1) is 0 Å². The highest BCUT2D eigenvalue weighted by Crippen LogP contribution is 2.28. The van der Waals surface area contributed by atoms with Crippen LogP contribution in [0.15, 0.2) is 67.0 Å². The molecule has 2 nitrogen and oxygen atoms in total. The van der Waals surface area contributed by atoms with Crippen molar-refractivity contribution in [1.29, 1.82) is 0 Å². The topological polar surface area (TPSA) is 33.1 Å². The van der Waals surface area contributed by atoms with Crippen molar-refractivity contribution in [3.63, 3.8) is 0 Å². The number of hydrogen-bond acceptors (Lipinski definition) is 2. The molecule has 3 rings (SSSR count). The highest BCUT2D eigenvalue weighted by atomic mass is 16.3. The Morgan fingerprint density at radius 1 is 1.00 bits per heavy atom. The smallest absolute Gasteiger partial charge is 0.0923 e. The lowest BCUT2D eigenvalue weighted by atomic mass is 9.88. The first-order valence-electron chi connectivity index (χ1n) is 6.76. The van der Waals surface area contributed by atoms with Gasteiger partial charge in [-0.2, -0.15) is 0 Å². The highest BCUT2D eigenvalue weighted by Gasteiger charge is 2.24. The van der Waals surface area contributed by atoms with E-state index in [0.717, 1.165) is 11.1 Å². The summed E-state index contributed by atoms with van der Waals surface area (Å²) < 4.78 is 0. The van der Waals surface area contributed by atoms with Gasteiger partial charge in [0.05, 0.1) is 5.60 Å². The van der Waals surface area contributed by atoms with Crippen LogP contribution >= 0.6 is 0 Å². The van der Waals surface area contributed by atoms with E-state index in [9.17, 15) is 5.11 Å². The van der Waals surface area contributed by atoms with E-state index in [1.807, 2.05) is 37.3 Å². The maximum absolute atomic E-state index is 10.8. The van der Waals surface area contributed by atoms with Crippen molar-refractivity contribution in [3.8, 4) is 0 Å². The van der Waals surface area contributed by atoms with Crippen LogP contribution in [0.5, 0.6) is 0 Å². The minimum atomic E-state index is -0.918. The molecule has 0 aliphatic heterocycles. The van der Waals surface area contributed by atoms with Crippen LogP contribution in [0.3, 0.4) is 0 Å². The molecule has 1 aromatic heterocycles. The number of rotatable bonds is 3. The molecule has 0 aliphatic rings. The minimum Gasteiger partial charge on any atom is -0.385 e. The molecule has 20 heavy (non-hydrogen) atoms. The second-order valence-corrected chi connectivity index (χ2v) is 5.33. The quantitative estimate of drug-likeness (QED) is 0.782. The lowest BCUT2D eigenvalue weighted by Crippen LogP contribution is -2.24. The van der Waals surface area contributed by atoms with Gasteiger partial charge in [-0.05, 0) is 29.3 Å². The van der Waals surface area contributed by atoms with Crippen molar-refractivity contribution in [2.45, 2.75) is 18.9 Å². The van der Waals surface area contributed by atoms with E-state index in [1.54, 1.807) is 12.4 Å². The molecule has 0 saturated heterocycles. The van der Waals surface area contributed by atoms with E-state index in [-0.39, 0.29) is 0 Å².